The van der Waals surface area contributed by atoms with Crippen molar-refractivity contribution in [3.63, 3.8) is 0 Å². The van der Waals surface area contributed by atoms with Gasteiger partial charge in [0.2, 0.25) is 0 Å². The zero-order valence-corrected chi connectivity index (χ0v) is 6.73. The highest BCUT2D eigenvalue weighted by atomic mass is 16.7. The maximum atomic E-state index is 10.9. The van der Waals surface area contributed by atoms with Gasteiger partial charge in [-0.2, -0.15) is 5.90 Å². The molecule has 1 atom stereocenters. The van der Waals surface area contributed by atoms with Crippen molar-refractivity contribution in [2.45, 2.75) is 12.8 Å². The van der Waals surface area contributed by atoms with Crippen LogP contribution in [0.1, 0.15) is 18.4 Å². The molecule has 0 bridgehead atoms. The van der Waals surface area contributed by atoms with Crippen molar-refractivity contribution in [2.75, 3.05) is 0 Å². The second kappa shape index (κ2) is 3.82. The summed E-state index contributed by atoms with van der Waals surface area (Å²) in [6, 6.07) is 3.56. The molecule has 4 nitrogen and oxygen atoms in total. The number of carbonyl (C=O) groups is 1. The fraction of sp³-hybridized carbons (Fsp3) is 0.250. The average molecular weight is 166 g/mol. The van der Waals surface area contributed by atoms with E-state index in [1.54, 1.807) is 31.5 Å². The van der Waals surface area contributed by atoms with Crippen LogP contribution in [0.25, 0.3) is 0 Å². The van der Waals surface area contributed by atoms with E-state index in [-0.39, 0.29) is 5.92 Å². The minimum Gasteiger partial charge on any atom is -0.373 e. The average Bonchev–Trinajstić information content (AvgIpc) is 2.17. The molecular weight excluding hydrogens is 156 g/mol. The Morgan fingerprint density at radius 3 is 3.00 bits per heavy atom. The predicted molar refractivity (Wildman–Crippen MR) is 42.9 cm³/mol. The number of hydrogen-bond donors (Lipinski definition) is 1. The van der Waals surface area contributed by atoms with Gasteiger partial charge in [0.05, 0.1) is 5.92 Å². The van der Waals surface area contributed by atoms with E-state index in [2.05, 4.69) is 9.82 Å². The largest absolute Gasteiger partial charge is 0.373 e. The third-order valence-electron chi connectivity index (χ3n) is 1.65. The highest BCUT2D eigenvalue weighted by Gasteiger charge is 2.15. The number of carbonyl (C=O) groups excluding carboxylic acids is 1. The summed E-state index contributed by atoms with van der Waals surface area (Å²) in [5.41, 5.74) is 0.799. The van der Waals surface area contributed by atoms with E-state index in [4.69, 9.17) is 5.90 Å². The molecule has 4 heteroatoms. The number of nitrogens with two attached hydrogens (primary N) is 1. The van der Waals surface area contributed by atoms with Crippen molar-refractivity contribution in [1.29, 1.82) is 0 Å². The molecule has 0 radical (unpaired) electrons. The number of pyridine rings is 1. The Morgan fingerprint density at radius 2 is 2.50 bits per heavy atom. The van der Waals surface area contributed by atoms with Gasteiger partial charge in [-0.05, 0) is 18.6 Å². The quantitative estimate of drug-likeness (QED) is 0.653. The zero-order valence-electron chi connectivity index (χ0n) is 6.73. The minimum atomic E-state index is -0.456. The van der Waals surface area contributed by atoms with Crippen molar-refractivity contribution >= 4 is 5.97 Å². The summed E-state index contributed by atoms with van der Waals surface area (Å²) in [4.78, 5) is 18.9. The third kappa shape index (κ3) is 1.79. The van der Waals surface area contributed by atoms with Gasteiger partial charge < -0.3 is 4.84 Å². The molecule has 0 amide bonds. The van der Waals surface area contributed by atoms with Gasteiger partial charge in [-0.15, -0.1) is 0 Å². The maximum absolute atomic E-state index is 10.9. The molecule has 0 aromatic carbocycles. The van der Waals surface area contributed by atoms with E-state index < -0.39 is 5.97 Å². The van der Waals surface area contributed by atoms with Crippen LogP contribution >= 0.6 is 0 Å². The summed E-state index contributed by atoms with van der Waals surface area (Å²) in [6.45, 7) is 1.71. The molecule has 0 aliphatic rings. The summed E-state index contributed by atoms with van der Waals surface area (Å²) in [5.74, 6) is 3.93. The van der Waals surface area contributed by atoms with Crippen molar-refractivity contribution in [2.24, 2.45) is 5.90 Å². The molecule has 12 heavy (non-hydrogen) atoms. The van der Waals surface area contributed by atoms with E-state index in [9.17, 15) is 4.79 Å². The first-order valence-corrected chi connectivity index (χ1v) is 3.56. The van der Waals surface area contributed by atoms with Gasteiger partial charge in [-0.25, -0.2) is 4.79 Å². The Bertz CT molecular complexity index is 261. The van der Waals surface area contributed by atoms with Gasteiger partial charge in [0.15, 0.2) is 0 Å². The molecule has 2 N–H and O–H groups in total. The lowest BCUT2D eigenvalue weighted by atomic mass is 10.0. The van der Waals surface area contributed by atoms with E-state index in [0.717, 1.165) is 5.56 Å². The lowest BCUT2D eigenvalue weighted by Gasteiger charge is -2.06. The number of rotatable bonds is 2. The van der Waals surface area contributed by atoms with Crippen molar-refractivity contribution in [3.8, 4) is 0 Å². The number of aromatic nitrogens is 1. The lowest BCUT2D eigenvalue weighted by molar-refractivity contribution is -0.145. The molecule has 1 aromatic rings. The Hall–Kier alpha value is -1.42. The number of hydrogen-bond acceptors (Lipinski definition) is 4. The molecular formula is C8H10N2O2. The van der Waals surface area contributed by atoms with Crippen LogP contribution in [-0.4, -0.2) is 11.0 Å². The summed E-state index contributed by atoms with van der Waals surface area (Å²) in [7, 11) is 0. The maximum Gasteiger partial charge on any atom is 0.331 e. The van der Waals surface area contributed by atoms with Crippen LogP contribution in [0.5, 0.6) is 0 Å². The van der Waals surface area contributed by atoms with Crippen molar-refractivity contribution in [3.05, 3.63) is 30.1 Å². The monoisotopic (exact) mass is 166 g/mol. The van der Waals surface area contributed by atoms with Crippen LogP contribution in [-0.2, 0) is 9.63 Å². The van der Waals surface area contributed by atoms with E-state index in [1.165, 1.54) is 0 Å². The van der Waals surface area contributed by atoms with E-state index in [0.29, 0.717) is 0 Å². The molecule has 0 aliphatic heterocycles. The van der Waals surface area contributed by atoms with Gasteiger partial charge >= 0.3 is 5.97 Å². The smallest absolute Gasteiger partial charge is 0.331 e. The minimum absolute atomic E-state index is 0.358. The molecule has 1 aromatic heterocycles. The van der Waals surface area contributed by atoms with Crippen molar-refractivity contribution in [1.82, 2.24) is 4.98 Å². The summed E-state index contributed by atoms with van der Waals surface area (Å²) >= 11 is 0. The fourth-order valence-electron chi connectivity index (χ4n) is 0.870. The predicted octanol–water partition coefficient (Wildman–Crippen LogP) is 0.602. The van der Waals surface area contributed by atoms with Gasteiger partial charge in [0.25, 0.3) is 0 Å². The van der Waals surface area contributed by atoms with Crippen LogP contribution in [0.2, 0.25) is 0 Å². The zero-order chi connectivity index (χ0) is 8.97. The number of nitrogens with zero attached hydrogens (tertiary/aromatic N) is 1. The summed E-state index contributed by atoms with van der Waals surface area (Å²) < 4.78 is 0. The van der Waals surface area contributed by atoms with Crippen molar-refractivity contribution < 1.29 is 9.63 Å². The summed E-state index contributed by atoms with van der Waals surface area (Å²) in [5, 5.41) is 0. The molecule has 0 fully saturated rings. The Labute approximate surface area is 70.3 Å². The molecule has 0 spiro atoms. The standard InChI is InChI=1S/C8H10N2O2/c1-6(8(11)12-9)7-3-2-4-10-5-7/h2-6H,9H2,1H3. The van der Waals surface area contributed by atoms with E-state index in [1.807, 2.05) is 0 Å². The highest BCUT2D eigenvalue weighted by molar-refractivity contribution is 5.77. The normalized spacial score (nSPS) is 12.2. The second-order valence-corrected chi connectivity index (χ2v) is 2.44. The Kier molecular flexibility index (Phi) is 2.76. The Morgan fingerprint density at radius 1 is 1.75 bits per heavy atom. The third-order valence-corrected chi connectivity index (χ3v) is 1.65. The van der Waals surface area contributed by atoms with Crippen LogP contribution in [0.3, 0.4) is 0 Å². The Balaban J connectivity index is 2.78. The second-order valence-electron chi connectivity index (χ2n) is 2.44. The van der Waals surface area contributed by atoms with E-state index >= 15 is 0 Å². The molecule has 0 saturated carbocycles. The molecule has 1 unspecified atom stereocenters. The van der Waals surface area contributed by atoms with Gasteiger partial charge in [0.1, 0.15) is 0 Å². The molecule has 0 saturated heterocycles. The van der Waals surface area contributed by atoms with Crippen LogP contribution in [0.4, 0.5) is 0 Å². The van der Waals surface area contributed by atoms with Gasteiger partial charge in [-0.3, -0.25) is 4.98 Å². The van der Waals surface area contributed by atoms with Crippen LogP contribution in [0.15, 0.2) is 24.5 Å². The van der Waals surface area contributed by atoms with Crippen LogP contribution < -0.4 is 5.90 Å². The van der Waals surface area contributed by atoms with Gasteiger partial charge in [-0.1, -0.05) is 6.07 Å². The highest BCUT2D eigenvalue weighted by Crippen LogP contribution is 2.13. The topological polar surface area (TPSA) is 65.2 Å². The first kappa shape index (κ1) is 8.67. The molecule has 0 aliphatic carbocycles. The fourth-order valence-corrected chi connectivity index (χ4v) is 0.870. The van der Waals surface area contributed by atoms with Gasteiger partial charge in [0, 0.05) is 12.4 Å². The first-order chi connectivity index (χ1) is 5.75. The SMILES string of the molecule is CC(C(=O)ON)c1cccnc1. The molecule has 1 rings (SSSR count). The lowest BCUT2D eigenvalue weighted by Crippen LogP contribution is -2.16. The molecule has 64 valence electrons. The summed E-state index contributed by atoms with van der Waals surface area (Å²) in [6.07, 6.45) is 3.26. The molecule has 1 heterocycles. The first-order valence-electron chi connectivity index (χ1n) is 3.56. The van der Waals surface area contributed by atoms with Crippen LogP contribution in [0, 0.1) is 0 Å².